The molecule has 2 saturated heterocycles. The molecule has 0 N–H and O–H groups in total. The number of ether oxygens (including phenoxy) is 5. The maximum atomic E-state index is 13.0. The fourth-order valence-electron chi connectivity index (χ4n) is 3.98. The molecule has 10 nitrogen and oxygen atoms in total. The van der Waals surface area contributed by atoms with Gasteiger partial charge in [-0.25, -0.2) is 0 Å². The molecule has 0 spiro atoms. The highest BCUT2D eigenvalue weighted by molar-refractivity contribution is 8.18. The molecule has 3 amide bonds. The van der Waals surface area contributed by atoms with Crippen molar-refractivity contribution in [1.82, 2.24) is 9.80 Å². The highest BCUT2D eigenvalue weighted by Gasteiger charge is 2.36. The van der Waals surface area contributed by atoms with E-state index >= 15 is 0 Å². The quantitative estimate of drug-likeness (QED) is 0.482. The van der Waals surface area contributed by atoms with Crippen LogP contribution in [0.25, 0.3) is 6.08 Å². The normalized spacial score (nSPS) is 18.1. The molecule has 37 heavy (non-hydrogen) atoms. The molecule has 2 aromatic carbocycles. The third-order valence-electron chi connectivity index (χ3n) is 5.94. The van der Waals surface area contributed by atoms with E-state index in [1.54, 1.807) is 41.3 Å². The van der Waals surface area contributed by atoms with Crippen LogP contribution < -0.4 is 18.9 Å². The van der Waals surface area contributed by atoms with Crippen molar-refractivity contribution < 1.29 is 38.1 Å². The summed E-state index contributed by atoms with van der Waals surface area (Å²) in [6.45, 7) is 2.07. The Morgan fingerprint density at radius 3 is 2.62 bits per heavy atom. The van der Waals surface area contributed by atoms with Gasteiger partial charge in [0.25, 0.3) is 17.1 Å². The zero-order valence-corrected chi connectivity index (χ0v) is 21.4. The fraction of sp³-hybridized carbons (Fsp3) is 0.320. The number of morpholine rings is 1. The zero-order chi connectivity index (χ0) is 25.9. The predicted molar refractivity (Wildman–Crippen MR) is 135 cm³/mol. The smallest absolute Gasteiger partial charge is 0.293 e. The van der Waals surface area contributed by atoms with Gasteiger partial charge >= 0.3 is 0 Å². The average molecular weight is 547 g/mol. The van der Waals surface area contributed by atoms with Crippen LogP contribution >= 0.6 is 23.4 Å². The van der Waals surface area contributed by atoms with Crippen molar-refractivity contribution in [1.29, 1.82) is 0 Å². The molecule has 3 aliphatic rings. The molecule has 12 heteroatoms. The molecule has 194 valence electrons. The number of hydrogen-bond donors (Lipinski definition) is 0. The number of imide groups is 1. The van der Waals surface area contributed by atoms with E-state index in [0.29, 0.717) is 65.5 Å². The second-order valence-corrected chi connectivity index (χ2v) is 9.66. The monoisotopic (exact) mass is 546 g/mol. The Labute approximate surface area is 222 Å². The Bertz CT molecular complexity index is 1280. The van der Waals surface area contributed by atoms with E-state index in [1.165, 1.54) is 7.11 Å². The molecule has 0 aromatic heterocycles. The maximum absolute atomic E-state index is 13.0. The number of nitrogens with zero attached hydrogens (tertiary/aromatic N) is 2. The second kappa shape index (κ2) is 10.9. The lowest BCUT2D eigenvalue weighted by molar-refractivity contribution is -0.137. The van der Waals surface area contributed by atoms with Crippen LogP contribution in [0, 0.1) is 0 Å². The van der Waals surface area contributed by atoms with Crippen LogP contribution in [0.2, 0.25) is 5.02 Å². The Kier molecular flexibility index (Phi) is 7.45. The molecule has 0 bridgehead atoms. The summed E-state index contributed by atoms with van der Waals surface area (Å²) in [5, 5.41) is -0.0294. The van der Waals surface area contributed by atoms with Gasteiger partial charge in [-0.05, 0) is 47.2 Å². The number of fused-ring (bicyclic) bond motifs is 1. The largest absolute Gasteiger partial charge is 0.493 e. The first-order valence-electron chi connectivity index (χ1n) is 11.4. The molecule has 3 aliphatic heterocycles. The lowest BCUT2D eigenvalue weighted by Gasteiger charge is -2.26. The molecule has 5 rings (SSSR count). The van der Waals surface area contributed by atoms with Crippen LogP contribution in [0.3, 0.4) is 0 Å². The molecule has 0 atom stereocenters. The van der Waals surface area contributed by atoms with Gasteiger partial charge in [0.15, 0.2) is 29.6 Å². The highest BCUT2D eigenvalue weighted by atomic mass is 35.5. The number of hydrogen-bond acceptors (Lipinski definition) is 9. The van der Waals surface area contributed by atoms with Crippen LogP contribution in [0.15, 0.2) is 35.2 Å². The number of carbonyl (C=O) groups is 3. The van der Waals surface area contributed by atoms with Gasteiger partial charge in [-0.3, -0.25) is 19.3 Å². The summed E-state index contributed by atoms with van der Waals surface area (Å²) in [6.07, 6.45) is 1.61. The first-order valence-corrected chi connectivity index (χ1v) is 12.6. The number of methoxy groups -OCH3 is 1. The molecule has 2 aromatic rings. The minimum Gasteiger partial charge on any atom is -0.493 e. The van der Waals surface area contributed by atoms with Crippen molar-refractivity contribution >= 4 is 46.5 Å². The Hall–Kier alpha value is -3.41. The van der Waals surface area contributed by atoms with E-state index in [9.17, 15) is 14.4 Å². The number of halogens is 1. The van der Waals surface area contributed by atoms with Gasteiger partial charge < -0.3 is 28.6 Å². The standard InChI is InChI=1S/C25H23ClN2O8S/c1-32-19-8-15(2-3-18(19)34-13-23(29)27-4-6-33-7-5-27)9-22-24(30)28(25(31)37-22)12-16-10-20-21(11-17(16)26)36-14-35-20/h2-3,8-11H,4-7,12-14H2,1H3/b22-9-. The molecule has 0 aliphatic carbocycles. The zero-order valence-electron chi connectivity index (χ0n) is 19.9. The van der Waals surface area contributed by atoms with E-state index < -0.39 is 11.1 Å². The molecule has 0 unspecified atom stereocenters. The topological polar surface area (TPSA) is 104 Å². The fourth-order valence-corrected chi connectivity index (χ4v) is 5.03. The van der Waals surface area contributed by atoms with Crippen LogP contribution in [0.4, 0.5) is 4.79 Å². The van der Waals surface area contributed by atoms with Crippen molar-refractivity contribution in [3.05, 3.63) is 51.4 Å². The summed E-state index contributed by atoms with van der Waals surface area (Å²) in [5.41, 5.74) is 1.21. The van der Waals surface area contributed by atoms with Gasteiger partial charge in [-0.1, -0.05) is 17.7 Å². The summed E-state index contributed by atoms with van der Waals surface area (Å²) in [6, 6.07) is 8.34. The van der Waals surface area contributed by atoms with E-state index in [2.05, 4.69) is 0 Å². The molecular formula is C25H23ClN2O8S. The Morgan fingerprint density at radius 1 is 1.11 bits per heavy atom. The SMILES string of the molecule is COc1cc(/C=C2\SC(=O)N(Cc3cc4c(cc3Cl)OCO4)C2=O)ccc1OCC(=O)N1CCOCC1. The molecular weight excluding hydrogens is 524 g/mol. The van der Waals surface area contributed by atoms with Gasteiger partial charge in [-0.15, -0.1) is 0 Å². The number of rotatable bonds is 7. The van der Waals surface area contributed by atoms with Gasteiger partial charge in [0.05, 0.1) is 31.8 Å². The Balaban J connectivity index is 1.27. The van der Waals surface area contributed by atoms with Gasteiger partial charge in [0, 0.05) is 24.2 Å². The second-order valence-electron chi connectivity index (χ2n) is 8.26. The van der Waals surface area contributed by atoms with Crippen molar-refractivity contribution in [3.8, 4) is 23.0 Å². The maximum Gasteiger partial charge on any atom is 0.293 e. The minimum atomic E-state index is -0.431. The molecule has 2 fully saturated rings. The van der Waals surface area contributed by atoms with E-state index in [0.717, 1.165) is 16.7 Å². The van der Waals surface area contributed by atoms with E-state index in [-0.39, 0.29) is 30.8 Å². The summed E-state index contributed by atoms with van der Waals surface area (Å²) < 4.78 is 27.0. The third-order valence-corrected chi connectivity index (χ3v) is 7.20. The average Bonchev–Trinajstić information content (AvgIpc) is 3.47. The van der Waals surface area contributed by atoms with E-state index in [4.69, 9.17) is 35.3 Å². The van der Waals surface area contributed by atoms with Crippen LogP contribution in [-0.4, -0.2) is 73.7 Å². The molecule has 3 heterocycles. The Morgan fingerprint density at radius 2 is 1.86 bits per heavy atom. The van der Waals surface area contributed by atoms with E-state index in [1.807, 2.05) is 0 Å². The minimum absolute atomic E-state index is 0.00471. The lowest BCUT2D eigenvalue weighted by atomic mass is 10.1. The highest BCUT2D eigenvalue weighted by Crippen LogP contribution is 2.40. The number of thioether (sulfide) groups is 1. The first kappa shape index (κ1) is 25.2. The van der Waals surface area contributed by atoms with Gasteiger partial charge in [0.2, 0.25) is 6.79 Å². The number of benzene rings is 2. The van der Waals surface area contributed by atoms with Crippen LogP contribution in [0.5, 0.6) is 23.0 Å². The lowest BCUT2D eigenvalue weighted by Crippen LogP contribution is -2.43. The molecule has 0 radical (unpaired) electrons. The summed E-state index contributed by atoms with van der Waals surface area (Å²) >= 11 is 7.17. The van der Waals surface area contributed by atoms with Crippen LogP contribution in [0.1, 0.15) is 11.1 Å². The number of carbonyl (C=O) groups excluding carboxylic acids is 3. The predicted octanol–water partition coefficient (Wildman–Crippen LogP) is 3.55. The first-order chi connectivity index (χ1) is 17.9. The van der Waals surface area contributed by atoms with Gasteiger partial charge in [0.1, 0.15) is 0 Å². The summed E-state index contributed by atoms with van der Waals surface area (Å²) in [7, 11) is 1.48. The number of amides is 3. The summed E-state index contributed by atoms with van der Waals surface area (Å²) in [4.78, 5) is 41.1. The van der Waals surface area contributed by atoms with Crippen LogP contribution in [-0.2, 0) is 20.9 Å². The third kappa shape index (κ3) is 5.48. The van der Waals surface area contributed by atoms with Crippen molar-refractivity contribution in [2.45, 2.75) is 6.54 Å². The van der Waals surface area contributed by atoms with Crippen molar-refractivity contribution in [3.63, 3.8) is 0 Å². The van der Waals surface area contributed by atoms with Crippen molar-refractivity contribution in [2.24, 2.45) is 0 Å². The van der Waals surface area contributed by atoms with Crippen molar-refractivity contribution in [2.75, 3.05) is 46.8 Å². The summed E-state index contributed by atoms with van der Waals surface area (Å²) in [5.74, 6) is 1.27. The van der Waals surface area contributed by atoms with Gasteiger partial charge in [-0.2, -0.15) is 0 Å². The molecule has 0 saturated carbocycles.